The molecule has 4 nitrogen and oxygen atoms in total. The van der Waals surface area contributed by atoms with Gasteiger partial charge in [-0.15, -0.1) is 5.10 Å². The van der Waals surface area contributed by atoms with Gasteiger partial charge in [0.25, 0.3) is 0 Å². The van der Waals surface area contributed by atoms with Crippen molar-refractivity contribution in [3.05, 3.63) is 36.0 Å². The molecule has 0 aliphatic carbocycles. The molecule has 2 aromatic rings. The number of nitrogens with one attached hydrogen (secondary N) is 1. The number of rotatable bonds is 2. The Kier molecular flexibility index (Phi) is 2.65. The molecule has 2 heterocycles. The van der Waals surface area contributed by atoms with Crippen molar-refractivity contribution in [1.29, 1.82) is 0 Å². The summed E-state index contributed by atoms with van der Waals surface area (Å²) in [6.45, 7) is 4.16. The number of nitrogens with zero attached hydrogens (tertiary/aromatic N) is 3. The zero-order valence-corrected chi connectivity index (χ0v) is 9.93. The first-order valence-corrected chi connectivity index (χ1v) is 6.02. The van der Waals surface area contributed by atoms with E-state index in [1.165, 1.54) is 5.56 Å². The number of hydrogen-bond acceptors (Lipinski definition) is 3. The number of hydrogen-bond donors (Lipinski definition) is 1. The van der Waals surface area contributed by atoms with Crippen molar-refractivity contribution in [3.8, 4) is 11.3 Å². The van der Waals surface area contributed by atoms with Crippen molar-refractivity contribution in [3.63, 3.8) is 0 Å². The SMILES string of the molecule is Cc1cccc(-c2cn(C3CCNC3)nn2)c1. The highest BCUT2D eigenvalue weighted by molar-refractivity contribution is 5.58. The quantitative estimate of drug-likeness (QED) is 0.852. The van der Waals surface area contributed by atoms with Crippen molar-refractivity contribution >= 4 is 0 Å². The van der Waals surface area contributed by atoms with Crippen LogP contribution in [0.5, 0.6) is 0 Å². The van der Waals surface area contributed by atoms with E-state index >= 15 is 0 Å². The van der Waals surface area contributed by atoms with E-state index in [9.17, 15) is 0 Å². The van der Waals surface area contributed by atoms with E-state index in [-0.39, 0.29) is 0 Å². The van der Waals surface area contributed by atoms with Gasteiger partial charge in [-0.3, -0.25) is 0 Å². The Balaban J connectivity index is 1.89. The first kappa shape index (κ1) is 10.5. The van der Waals surface area contributed by atoms with Crippen LogP contribution in [0.1, 0.15) is 18.0 Å². The van der Waals surface area contributed by atoms with Gasteiger partial charge in [0.1, 0.15) is 5.69 Å². The van der Waals surface area contributed by atoms with Crippen LogP contribution in [0.15, 0.2) is 30.5 Å². The molecule has 1 aromatic heterocycles. The molecule has 4 heteroatoms. The van der Waals surface area contributed by atoms with E-state index in [4.69, 9.17) is 0 Å². The minimum atomic E-state index is 0.459. The molecule has 0 amide bonds. The highest BCUT2D eigenvalue weighted by atomic mass is 15.4. The summed E-state index contributed by atoms with van der Waals surface area (Å²) in [7, 11) is 0. The minimum Gasteiger partial charge on any atom is -0.315 e. The van der Waals surface area contributed by atoms with E-state index in [1.807, 2.05) is 10.9 Å². The lowest BCUT2D eigenvalue weighted by Gasteiger charge is -2.06. The smallest absolute Gasteiger partial charge is 0.113 e. The lowest BCUT2D eigenvalue weighted by Crippen LogP contribution is -2.13. The van der Waals surface area contributed by atoms with Crippen molar-refractivity contribution in [1.82, 2.24) is 20.3 Å². The van der Waals surface area contributed by atoms with Crippen LogP contribution in [-0.4, -0.2) is 28.1 Å². The van der Waals surface area contributed by atoms with Crippen LogP contribution in [0.3, 0.4) is 0 Å². The fraction of sp³-hybridized carbons (Fsp3) is 0.385. The Morgan fingerprint density at radius 2 is 2.35 bits per heavy atom. The van der Waals surface area contributed by atoms with Crippen LogP contribution in [0.25, 0.3) is 11.3 Å². The number of aryl methyl sites for hydroxylation is 1. The summed E-state index contributed by atoms with van der Waals surface area (Å²) in [4.78, 5) is 0. The predicted molar refractivity (Wildman–Crippen MR) is 66.7 cm³/mol. The highest BCUT2D eigenvalue weighted by Gasteiger charge is 2.17. The Hall–Kier alpha value is -1.68. The maximum absolute atomic E-state index is 4.26. The molecule has 1 aliphatic heterocycles. The second-order valence-electron chi connectivity index (χ2n) is 4.60. The molecule has 1 atom stereocenters. The van der Waals surface area contributed by atoms with E-state index < -0.39 is 0 Å². The van der Waals surface area contributed by atoms with E-state index in [1.54, 1.807) is 0 Å². The van der Waals surface area contributed by atoms with Gasteiger partial charge in [0, 0.05) is 12.1 Å². The summed E-state index contributed by atoms with van der Waals surface area (Å²) in [6, 6.07) is 8.83. The summed E-state index contributed by atoms with van der Waals surface area (Å²) < 4.78 is 1.98. The van der Waals surface area contributed by atoms with E-state index in [0.29, 0.717) is 6.04 Å². The molecule has 1 unspecified atom stereocenters. The van der Waals surface area contributed by atoms with Crippen LogP contribution < -0.4 is 5.32 Å². The molecule has 1 aromatic carbocycles. The number of benzene rings is 1. The van der Waals surface area contributed by atoms with Gasteiger partial charge in [0.15, 0.2) is 0 Å². The maximum atomic E-state index is 4.26. The van der Waals surface area contributed by atoms with Gasteiger partial charge in [-0.2, -0.15) is 0 Å². The van der Waals surface area contributed by atoms with Crippen LogP contribution in [-0.2, 0) is 0 Å². The lowest BCUT2D eigenvalue weighted by molar-refractivity contribution is 0.476. The van der Waals surface area contributed by atoms with Crippen LogP contribution in [0.2, 0.25) is 0 Å². The largest absolute Gasteiger partial charge is 0.315 e. The average Bonchev–Trinajstić information content (AvgIpc) is 3.00. The molecule has 3 rings (SSSR count). The summed E-state index contributed by atoms with van der Waals surface area (Å²) >= 11 is 0. The Labute approximate surface area is 101 Å². The molecule has 1 N–H and O–H groups in total. The fourth-order valence-electron chi connectivity index (χ4n) is 2.26. The number of aromatic nitrogens is 3. The molecule has 1 saturated heterocycles. The van der Waals surface area contributed by atoms with Gasteiger partial charge < -0.3 is 5.32 Å². The van der Waals surface area contributed by atoms with Crippen molar-refractivity contribution in [2.45, 2.75) is 19.4 Å². The maximum Gasteiger partial charge on any atom is 0.113 e. The third-order valence-electron chi connectivity index (χ3n) is 3.23. The van der Waals surface area contributed by atoms with Gasteiger partial charge >= 0.3 is 0 Å². The van der Waals surface area contributed by atoms with Gasteiger partial charge in [-0.25, -0.2) is 4.68 Å². The molecule has 17 heavy (non-hydrogen) atoms. The van der Waals surface area contributed by atoms with Crippen LogP contribution in [0.4, 0.5) is 0 Å². The van der Waals surface area contributed by atoms with Crippen molar-refractivity contribution < 1.29 is 0 Å². The second kappa shape index (κ2) is 4.30. The van der Waals surface area contributed by atoms with E-state index in [0.717, 1.165) is 30.8 Å². The summed E-state index contributed by atoms with van der Waals surface area (Å²) in [5.41, 5.74) is 3.35. The summed E-state index contributed by atoms with van der Waals surface area (Å²) in [5.74, 6) is 0. The molecule has 88 valence electrons. The lowest BCUT2D eigenvalue weighted by atomic mass is 10.1. The average molecular weight is 228 g/mol. The first-order valence-electron chi connectivity index (χ1n) is 6.02. The molecule has 1 fully saturated rings. The normalized spacial score (nSPS) is 19.7. The van der Waals surface area contributed by atoms with Crippen molar-refractivity contribution in [2.75, 3.05) is 13.1 Å². The van der Waals surface area contributed by atoms with Gasteiger partial charge in [0.05, 0.1) is 12.2 Å². The second-order valence-corrected chi connectivity index (χ2v) is 4.60. The van der Waals surface area contributed by atoms with Gasteiger partial charge in [0.2, 0.25) is 0 Å². The third kappa shape index (κ3) is 2.08. The van der Waals surface area contributed by atoms with Crippen LogP contribution in [0, 0.1) is 6.92 Å². The third-order valence-corrected chi connectivity index (χ3v) is 3.23. The van der Waals surface area contributed by atoms with Crippen LogP contribution >= 0.6 is 0 Å². The molecular weight excluding hydrogens is 212 g/mol. The molecular formula is C13H16N4. The monoisotopic (exact) mass is 228 g/mol. The fourth-order valence-corrected chi connectivity index (χ4v) is 2.26. The minimum absolute atomic E-state index is 0.459. The summed E-state index contributed by atoms with van der Waals surface area (Å²) in [6.07, 6.45) is 3.18. The van der Waals surface area contributed by atoms with Crippen molar-refractivity contribution in [2.24, 2.45) is 0 Å². The zero-order chi connectivity index (χ0) is 11.7. The molecule has 0 saturated carbocycles. The van der Waals surface area contributed by atoms with Gasteiger partial charge in [-0.1, -0.05) is 29.0 Å². The Bertz CT molecular complexity index is 512. The zero-order valence-electron chi connectivity index (χ0n) is 9.93. The highest BCUT2D eigenvalue weighted by Crippen LogP contribution is 2.20. The Morgan fingerprint density at radius 3 is 3.12 bits per heavy atom. The molecule has 0 radical (unpaired) electrons. The predicted octanol–water partition coefficient (Wildman–Crippen LogP) is 1.79. The topological polar surface area (TPSA) is 42.7 Å². The Morgan fingerprint density at radius 1 is 1.41 bits per heavy atom. The van der Waals surface area contributed by atoms with Gasteiger partial charge in [-0.05, 0) is 26.0 Å². The molecule has 0 bridgehead atoms. The molecule has 1 aliphatic rings. The summed E-state index contributed by atoms with van der Waals surface area (Å²) in [5, 5.41) is 11.8. The first-order chi connectivity index (χ1) is 8.33. The molecule has 0 spiro atoms. The standard InChI is InChI=1S/C13H16N4/c1-10-3-2-4-11(7-10)13-9-17(16-15-13)12-5-6-14-8-12/h2-4,7,9,12,14H,5-6,8H2,1H3. The van der Waals surface area contributed by atoms with E-state index in [2.05, 4.69) is 46.8 Å².